The van der Waals surface area contributed by atoms with E-state index in [2.05, 4.69) is 26.0 Å². The molecule has 0 radical (unpaired) electrons. The van der Waals surface area contributed by atoms with Crippen LogP contribution in [0.3, 0.4) is 0 Å². The normalized spacial score (nSPS) is 10.9. The average molecular weight is 280 g/mol. The summed E-state index contributed by atoms with van der Waals surface area (Å²) in [5.41, 5.74) is 10.0. The van der Waals surface area contributed by atoms with E-state index in [4.69, 9.17) is 28.9 Å². The van der Waals surface area contributed by atoms with E-state index in [0.717, 1.165) is 16.8 Å². The van der Waals surface area contributed by atoms with Crippen LogP contribution in [0.25, 0.3) is 11.1 Å². The summed E-state index contributed by atoms with van der Waals surface area (Å²) in [7, 11) is 0. The van der Waals surface area contributed by atoms with Gasteiger partial charge in [0.2, 0.25) is 0 Å². The van der Waals surface area contributed by atoms with Crippen LogP contribution in [-0.2, 0) is 0 Å². The minimum atomic E-state index is 0.465. The summed E-state index contributed by atoms with van der Waals surface area (Å²) in [5, 5.41) is 1.10. The van der Waals surface area contributed by atoms with Crippen LogP contribution in [0.1, 0.15) is 25.3 Å². The molecule has 2 rings (SSSR count). The summed E-state index contributed by atoms with van der Waals surface area (Å²) in [6.07, 6.45) is 0. The molecule has 0 spiro atoms. The van der Waals surface area contributed by atoms with Crippen molar-refractivity contribution in [2.45, 2.75) is 19.8 Å². The lowest BCUT2D eigenvalue weighted by molar-refractivity contribution is 0.867. The molecule has 0 atom stereocenters. The molecule has 0 aliphatic rings. The van der Waals surface area contributed by atoms with E-state index in [9.17, 15) is 0 Å². The van der Waals surface area contributed by atoms with Crippen molar-refractivity contribution in [2.75, 3.05) is 5.73 Å². The molecular formula is C15H15Cl2N. The zero-order valence-corrected chi connectivity index (χ0v) is 11.9. The van der Waals surface area contributed by atoms with Gasteiger partial charge in [0.05, 0.1) is 10.0 Å². The van der Waals surface area contributed by atoms with Crippen LogP contribution in [0, 0.1) is 0 Å². The van der Waals surface area contributed by atoms with Gasteiger partial charge in [-0.05, 0) is 41.3 Å². The topological polar surface area (TPSA) is 26.0 Å². The number of hydrogen-bond donors (Lipinski definition) is 1. The average Bonchev–Trinajstić information content (AvgIpc) is 2.33. The third kappa shape index (κ3) is 2.63. The highest BCUT2D eigenvalue weighted by Gasteiger charge is 2.08. The van der Waals surface area contributed by atoms with Gasteiger partial charge in [-0.3, -0.25) is 0 Å². The second-order valence-electron chi connectivity index (χ2n) is 4.63. The monoisotopic (exact) mass is 279 g/mol. The zero-order chi connectivity index (χ0) is 13.3. The van der Waals surface area contributed by atoms with Gasteiger partial charge in [0, 0.05) is 11.3 Å². The first-order chi connectivity index (χ1) is 8.49. The molecule has 94 valence electrons. The molecule has 3 heteroatoms. The van der Waals surface area contributed by atoms with Gasteiger partial charge in [-0.2, -0.15) is 0 Å². The molecule has 0 amide bonds. The fourth-order valence-electron chi connectivity index (χ4n) is 1.85. The van der Waals surface area contributed by atoms with Gasteiger partial charge in [0.25, 0.3) is 0 Å². The Bertz CT molecular complexity index is 577. The first-order valence-electron chi connectivity index (χ1n) is 5.84. The van der Waals surface area contributed by atoms with Gasteiger partial charge in [-0.15, -0.1) is 0 Å². The summed E-state index contributed by atoms with van der Waals surface area (Å²) >= 11 is 12.0. The quantitative estimate of drug-likeness (QED) is 0.736. The number of hydrogen-bond acceptors (Lipinski definition) is 1. The lowest BCUT2D eigenvalue weighted by atomic mass is 9.96. The van der Waals surface area contributed by atoms with Gasteiger partial charge in [-0.1, -0.05) is 49.2 Å². The van der Waals surface area contributed by atoms with Gasteiger partial charge in [-0.25, -0.2) is 0 Å². The van der Waals surface area contributed by atoms with Gasteiger partial charge in [0.15, 0.2) is 0 Å². The molecule has 18 heavy (non-hydrogen) atoms. The predicted molar refractivity (Wildman–Crippen MR) is 80.4 cm³/mol. The number of halogens is 2. The van der Waals surface area contributed by atoms with Crippen LogP contribution in [0.15, 0.2) is 36.4 Å². The Morgan fingerprint density at radius 3 is 2.28 bits per heavy atom. The molecule has 0 aliphatic carbocycles. The van der Waals surface area contributed by atoms with Gasteiger partial charge in [0.1, 0.15) is 0 Å². The van der Waals surface area contributed by atoms with E-state index in [1.807, 2.05) is 18.2 Å². The second-order valence-corrected chi connectivity index (χ2v) is 5.44. The molecule has 0 saturated heterocycles. The minimum Gasteiger partial charge on any atom is -0.398 e. The highest BCUT2D eigenvalue weighted by molar-refractivity contribution is 6.42. The van der Waals surface area contributed by atoms with E-state index >= 15 is 0 Å². The third-order valence-corrected chi connectivity index (χ3v) is 3.71. The second kappa shape index (κ2) is 5.21. The molecule has 0 heterocycles. The summed E-state index contributed by atoms with van der Waals surface area (Å²) in [6, 6.07) is 11.7. The molecule has 0 saturated carbocycles. The zero-order valence-electron chi connectivity index (χ0n) is 10.4. The molecule has 2 N–H and O–H groups in total. The largest absolute Gasteiger partial charge is 0.398 e. The van der Waals surface area contributed by atoms with E-state index in [0.29, 0.717) is 16.0 Å². The number of anilines is 1. The van der Waals surface area contributed by atoms with Crippen LogP contribution in [0.4, 0.5) is 5.69 Å². The van der Waals surface area contributed by atoms with Crippen molar-refractivity contribution < 1.29 is 0 Å². The standard InChI is InChI=1S/C15H15Cl2N/c1-9(2)10-4-6-15(18)12(7-10)11-3-5-13(16)14(17)8-11/h3-9H,18H2,1-2H3. The van der Waals surface area contributed by atoms with E-state index < -0.39 is 0 Å². The van der Waals surface area contributed by atoms with Crippen molar-refractivity contribution in [2.24, 2.45) is 0 Å². The minimum absolute atomic E-state index is 0.465. The summed E-state index contributed by atoms with van der Waals surface area (Å²) < 4.78 is 0. The number of rotatable bonds is 2. The van der Waals surface area contributed by atoms with Crippen LogP contribution in [0.2, 0.25) is 10.0 Å². The van der Waals surface area contributed by atoms with Crippen molar-refractivity contribution in [1.29, 1.82) is 0 Å². The van der Waals surface area contributed by atoms with Crippen LogP contribution in [0.5, 0.6) is 0 Å². The van der Waals surface area contributed by atoms with Gasteiger partial charge < -0.3 is 5.73 Å². The van der Waals surface area contributed by atoms with E-state index in [1.165, 1.54) is 5.56 Å². The van der Waals surface area contributed by atoms with Crippen molar-refractivity contribution in [3.63, 3.8) is 0 Å². The smallest absolute Gasteiger partial charge is 0.0598 e. The Balaban J connectivity index is 2.55. The molecule has 2 aromatic carbocycles. The maximum Gasteiger partial charge on any atom is 0.0598 e. The molecule has 0 aliphatic heterocycles. The third-order valence-electron chi connectivity index (χ3n) is 2.97. The Kier molecular flexibility index (Phi) is 3.84. The predicted octanol–water partition coefficient (Wildman–Crippen LogP) is 5.37. The number of benzene rings is 2. The summed E-state index contributed by atoms with van der Waals surface area (Å²) in [6.45, 7) is 4.31. The Labute approximate surface area is 118 Å². The molecule has 0 fully saturated rings. The van der Waals surface area contributed by atoms with Crippen molar-refractivity contribution in [3.05, 3.63) is 52.0 Å². The first kappa shape index (κ1) is 13.3. The lowest BCUT2D eigenvalue weighted by Crippen LogP contribution is -1.94. The highest BCUT2D eigenvalue weighted by Crippen LogP contribution is 2.33. The maximum atomic E-state index is 6.05. The van der Waals surface area contributed by atoms with Crippen LogP contribution >= 0.6 is 23.2 Å². The fourth-order valence-corrected chi connectivity index (χ4v) is 2.14. The van der Waals surface area contributed by atoms with Crippen molar-refractivity contribution >= 4 is 28.9 Å². The lowest BCUT2D eigenvalue weighted by Gasteiger charge is -2.12. The molecular weight excluding hydrogens is 265 g/mol. The first-order valence-corrected chi connectivity index (χ1v) is 6.59. The van der Waals surface area contributed by atoms with E-state index in [1.54, 1.807) is 6.07 Å². The van der Waals surface area contributed by atoms with Crippen molar-refractivity contribution in [3.8, 4) is 11.1 Å². The maximum absolute atomic E-state index is 6.05. The number of nitrogen functional groups attached to an aromatic ring is 1. The SMILES string of the molecule is CC(C)c1ccc(N)c(-c2ccc(Cl)c(Cl)c2)c1. The van der Waals surface area contributed by atoms with Gasteiger partial charge >= 0.3 is 0 Å². The van der Waals surface area contributed by atoms with Crippen LogP contribution in [-0.4, -0.2) is 0 Å². The summed E-state index contributed by atoms with van der Waals surface area (Å²) in [4.78, 5) is 0. The fraction of sp³-hybridized carbons (Fsp3) is 0.200. The molecule has 0 bridgehead atoms. The molecule has 2 aromatic rings. The molecule has 1 nitrogen and oxygen atoms in total. The highest BCUT2D eigenvalue weighted by atomic mass is 35.5. The summed E-state index contributed by atoms with van der Waals surface area (Å²) in [5.74, 6) is 0.465. The Morgan fingerprint density at radius 1 is 0.944 bits per heavy atom. The number of nitrogens with two attached hydrogens (primary N) is 1. The van der Waals surface area contributed by atoms with E-state index in [-0.39, 0.29) is 0 Å². The van der Waals surface area contributed by atoms with Crippen molar-refractivity contribution in [1.82, 2.24) is 0 Å². The van der Waals surface area contributed by atoms with Crippen LogP contribution < -0.4 is 5.73 Å². The Morgan fingerprint density at radius 2 is 1.67 bits per heavy atom. The molecule has 0 aromatic heterocycles. The molecule has 0 unspecified atom stereocenters. The Hall–Kier alpha value is -1.18.